The Morgan fingerprint density at radius 3 is 2.71 bits per heavy atom. The summed E-state index contributed by atoms with van der Waals surface area (Å²) in [5, 5.41) is 6.13. The van der Waals surface area contributed by atoms with Crippen LogP contribution in [0.3, 0.4) is 0 Å². The molecular weight excluding hydrogens is 278 g/mol. The highest BCUT2D eigenvalue weighted by molar-refractivity contribution is 5.82. The van der Waals surface area contributed by atoms with Crippen LogP contribution in [0, 0.1) is 5.41 Å². The average Bonchev–Trinajstić information content (AvgIpc) is 2.46. The van der Waals surface area contributed by atoms with Crippen LogP contribution in [0.25, 0.3) is 0 Å². The standard InChI is InChI=1S/C15H20F2N2O2/c1-15(7-2-8-18-10-15)13(20)19-9-11-3-5-12(6-4-11)21-14(16)17/h3-6,14,18H,2,7-10H2,1H3,(H,19,20). The van der Waals surface area contributed by atoms with Crippen molar-refractivity contribution in [3.8, 4) is 5.75 Å². The van der Waals surface area contributed by atoms with Crippen LogP contribution in [0.15, 0.2) is 24.3 Å². The Hall–Kier alpha value is -1.69. The van der Waals surface area contributed by atoms with E-state index in [0.29, 0.717) is 13.1 Å². The summed E-state index contributed by atoms with van der Waals surface area (Å²) in [6, 6.07) is 6.27. The Morgan fingerprint density at radius 2 is 2.14 bits per heavy atom. The number of carbonyl (C=O) groups is 1. The van der Waals surface area contributed by atoms with Gasteiger partial charge in [0.2, 0.25) is 5.91 Å². The molecule has 0 aromatic heterocycles. The van der Waals surface area contributed by atoms with E-state index in [-0.39, 0.29) is 17.1 Å². The van der Waals surface area contributed by atoms with Gasteiger partial charge in [-0.25, -0.2) is 0 Å². The second kappa shape index (κ2) is 6.85. The van der Waals surface area contributed by atoms with Crippen LogP contribution in [-0.2, 0) is 11.3 Å². The number of amides is 1. The Balaban J connectivity index is 1.86. The van der Waals surface area contributed by atoms with E-state index in [0.717, 1.165) is 24.9 Å². The van der Waals surface area contributed by atoms with Crippen LogP contribution in [0.4, 0.5) is 8.78 Å². The van der Waals surface area contributed by atoms with Gasteiger partial charge in [0.15, 0.2) is 0 Å². The summed E-state index contributed by atoms with van der Waals surface area (Å²) < 4.78 is 28.4. The van der Waals surface area contributed by atoms with Gasteiger partial charge in [-0.3, -0.25) is 4.79 Å². The van der Waals surface area contributed by atoms with Gasteiger partial charge >= 0.3 is 6.61 Å². The number of rotatable bonds is 5. The van der Waals surface area contributed by atoms with Crippen LogP contribution >= 0.6 is 0 Å². The minimum Gasteiger partial charge on any atom is -0.435 e. The number of benzene rings is 1. The fourth-order valence-electron chi connectivity index (χ4n) is 2.43. The first-order valence-corrected chi connectivity index (χ1v) is 7.02. The maximum absolute atomic E-state index is 12.2. The molecular formula is C15H20F2N2O2. The van der Waals surface area contributed by atoms with E-state index in [1.165, 1.54) is 12.1 Å². The fraction of sp³-hybridized carbons (Fsp3) is 0.533. The van der Waals surface area contributed by atoms with Crippen LogP contribution in [-0.4, -0.2) is 25.6 Å². The summed E-state index contributed by atoms with van der Waals surface area (Å²) in [5.41, 5.74) is 0.467. The zero-order valence-electron chi connectivity index (χ0n) is 12.0. The molecule has 0 aliphatic carbocycles. The van der Waals surface area contributed by atoms with Crippen LogP contribution in [0.2, 0.25) is 0 Å². The molecule has 1 aromatic rings. The highest BCUT2D eigenvalue weighted by atomic mass is 19.3. The normalized spacial score (nSPS) is 22.1. The Morgan fingerprint density at radius 1 is 1.43 bits per heavy atom. The van der Waals surface area contributed by atoms with Crippen molar-refractivity contribution in [2.75, 3.05) is 13.1 Å². The first-order valence-electron chi connectivity index (χ1n) is 7.02. The molecule has 1 heterocycles. The lowest BCUT2D eigenvalue weighted by Gasteiger charge is -2.32. The van der Waals surface area contributed by atoms with Gasteiger partial charge in [0.1, 0.15) is 5.75 Å². The molecule has 0 bridgehead atoms. The molecule has 116 valence electrons. The van der Waals surface area contributed by atoms with Crippen LogP contribution < -0.4 is 15.4 Å². The average molecular weight is 298 g/mol. The van der Waals surface area contributed by atoms with E-state index in [4.69, 9.17) is 0 Å². The van der Waals surface area contributed by atoms with Crippen molar-refractivity contribution in [3.63, 3.8) is 0 Å². The second-order valence-electron chi connectivity index (χ2n) is 5.55. The van der Waals surface area contributed by atoms with E-state index < -0.39 is 6.61 Å². The predicted octanol–water partition coefficient (Wildman–Crippen LogP) is 2.29. The lowest BCUT2D eigenvalue weighted by Crippen LogP contribution is -2.48. The SMILES string of the molecule is CC1(C(=O)NCc2ccc(OC(F)F)cc2)CCCNC1. The maximum atomic E-state index is 12.2. The van der Waals surface area contributed by atoms with E-state index in [9.17, 15) is 13.6 Å². The molecule has 0 radical (unpaired) electrons. The molecule has 2 N–H and O–H groups in total. The van der Waals surface area contributed by atoms with E-state index >= 15 is 0 Å². The molecule has 6 heteroatoms. The number of hydrogen-bond acceptors (Lipinski definition) is 3. The van der Waals surface area contributed by atoms with Crippen molar-refractivity contribution in [1.29, 1.82) is 0 Å². The molecule has 1 amide bonds. The van der Waals surface area contributed by atoms with Gasteiger partial charge in [-0.1, -0.05) is 12.1 Å². The molecule has 1 fully saturated rings. The third-order valence-corrected chi connectivity index (χ3v) is 3.75. The minimum atomic E-state index is -2.82. The number of carbonyl (C=O) groups excluding carboxylic acids is 1. The summed E-state index contributed by atoms with van der Waals surface area (Å²) in [4.78, 5) is 12.2. The van der Waals surface area contributed by atoms with Crippen LogP contribution in [0.5, 0.6) is 5.75 Å². The van der Waals surface area contributed by atoms with Gasteiger partial charge in [0, 0.05) is 13.1 Å². The molecule has 21 heavy (non-hydrogen) atoms. The molecule has 0 saturated carbocycles. The van der Waals surface area contributed by atoms with Crippen molar-refractivity contribution in [3.05, 3.63) is 29.8 Å². The fourth-order valence-corrected chi connectivity index (χ4v) is 2.43. The number of ether oxygens (including phenoxy) is 1. The zero-order chi connectivity index (χ0) is 15.3. The molecule has 1 atom stereocenters. The van der Waals surface area contributed by atoms with Gasteiger partial charge in [-0.05, 0) is 44.0 Å². The lowest BCUT2D eigenvalue weighted by molar-refractivity contribution is -0.131. The summed E-state index contributed by atoms with van der Waals surface area (Å²) in [5.74, 6) is 0.131. The topological polar surface area (TPSA) is 50.4 Å². The first kappa shape index (κ1) is 15.7. The third-order valence-electron chi connectivity index (χ3n) is 3.75. The Kier molecular flexibility index (Phi) is 5.12. The third kappa shape index (κ3) is 4.39. The number of nitrogens with one attached hydrogen (secondary N) is 2. The highest BCUT2D eigenvalue weighted by Crippen LogP contribution is 2.25. The quantitative estimate of drug-likeness (QED) is 0.877. The van der Waals surface area contributed by atoms with Gasteiger partial charge in [-0.15, -0.1) is 0 Å². The first-order chi connectivity index (χ1) is 9.99. The van der Waals surface area contributed by atoms with Crippen molar-refractivity contribution in [2.24, 2.45) is 5.41 Å². The van der Waals surface area contributed by atoms with Crippen LogP contribution in [0.1, 0.15) is 25.3 Å². The number of hydrogen-bond donors (Lipinski definition) is 2. The molecule has 4 nitrogen and oxygen atoms in total. The molecule has 1 aromatic carbocycles. The molecule has 1 aliphatic heterocycles. The van der Waals surface area contributed by atoms with E-state index in [1.807, 2.05) is 6.92 Å². The Labute approximate surface area is 122 Å². The maximum Gasteiger partial charge on any atom is 0.387 e. The smallest absolute Gasteiger partial charge is 0.387 e. The Bertz CT molecular complexity index is 471. The number of piperidine rings is 1. The molecule has 1 saturated heterocycles. The van der Waals surface area contributed by atoms with Gasteiger partial charge in [0.25, 0.3) is 0 Å². The zero-order valence-corrected chi connectivity index (χ0v) is 12.0. The minimum absolute atomic E-state index is 0.0163. The van der Waals surface area contributed by atoms with Gasteiger partial charge in [-0.2, -0.15) is 8.78 Å². The van der Waals surface area contributed by atoms with Gasteiger partial charge < -0.3 is 15.4 Å². The summed E-state index contributed by atoms with van der Waals surface area (Å²) in [7, 11) is 0. The molecule has 2 rings (SSSR count). The summed E-state index contributed by atoms with van der Waals surface area (Å²) >= 11 is 0. The summed E-state index contributed by atoms with van der Waals surface area (Å²) in [6.07, 6.45) is 1.86. The van der Waals surface area contributed by atoms with E-state index in [1.54, 1.807) is 12.1 Å². The summed E-state index contributed by atoms with van der Waals surface area (Å²) in [6.45, 7) is 1.14. The van der Waals surface area contributed by atoms with E-state index in [2.05, 4.69) is 15.4 Å². The second-order valence-corrected chi connectivity index (χ2v) is 5.55. The largest absolute Gasteiger partial charge is 0.435 e. The van der Waals surface area contributed by atoms with Crippen molar-refractivity contribution in [1.82, 2.24) is 10.6 Å². The van der Waals surface area contributed by atoms with Crippen molar-refractivity contribution in [2.45, 2.75) is 32.9 Å². The monoisotopic (exact) mass is 298 g/mol. The lowest BCUT2D eigenvalue weighted by atomic mass is 9.82. The van der Waals surface area contributed by atoms with Crippen molar-refractivity contribution < 1.29 is 18.3 Å². The van der Waals surface area contributed by atoms with Crippen molar-refractivity contribution >= 4 is 5.91 Å². The highest BCUT2D eigenvalue weighted by Gasteiger charge is 2.34. The number of alkyl halides is 2. The molecule has 1 aliphatic rings. The molecule has 1 unspecified atom stereocenters. The molecule has 0 spiro atoms. The van der Waals surface area contributed by atoms with Gasteiger partial charge in [0.05, 0.1) is 5.41 Å². The predicted molar refractivity (Wildman–Crippen MR) is 75.1 cm³/mol. The number of halogens is 2.